The van der Waals surface area contributed by atoms with Crippen molar-refractivity contribution in [1.29, 1.82) is 0 Å². The second-order valence-corrected chi connectivity index (χ2v) is 8.94. The highest BCUT2D eigenvalue weighted by molar-refractivity contribution is 7.92. The van der Waals surface area contributed by atoms with E-state index in [1.807, 2.05) is 0 Å². The van der Waals surface area contributed by atoms with Crippen LogP contribution in [-0.4, -0.2) is 50.5 Å². The number of rotatable bonds is 6. The third-order valence-electron chi connectivity index (χ3n) is 4.51. The lowest BCUT2D eigenvalue weighted by molar-refractivity contribution is 0.171. The minimum atomic E-state index is -2.98. The maximum atomic E-state index is 12.1. The Hall–Kier alpha value is -0.620. The average Bonchev–Trinajstić information content (AvgIpc) is 2.53. The minimum absolute atomic E-state index is 0. The number of nitrogens with one attached hydrogen (secondary N) is 1. The van der Waals surface area contributed by atoms with Gasteiger partial charge >= 0.3 is 0 Å². The molecule has 0 saturated carbocycles. The lowest BCUT2D eigenvalue weighted by Gasteiger charge is -2.36. The largest absolute Gasteiger partial charge is 0.314 e. The van der Waals surface area contributed by atoms with Crippen molar-refractivity contribution in [2.75, 3.05) is 31.9 Å². The van der Waals surface area contributed by atoms with Crippen molar-refractivity contribution < 1.29 is 8.42 Å². The summed E-state index contributed by atoms with van der Waals surface area (Å²) in [5.41, 5.74) is 2.60. The van der Waals surface area contributed by atoms with Crippen LogP contribution in [0.25, 0.3) is 0 Å². The number of sulfone groups is 1. The van der Waals surface area contributed by atoms with Crippen LogP contribution in [0.4, 0.5) is 0 Å². The van der Waals surface area contributed by atoms with Gasteiger partial charge in [-0.15, -0.1) is 12.4 Å². The zero-order valence-electron chi connectivity index (χ0n) is 14.3. The van der Waals surface area contributed by atoms with Gasteiger partial charge < -0.3 is 5.32 Å². The number of piperazine rings is 1. The third kappa shape index (κ3) is 5.45. The van der Waals surface area contributed by atoms with Gasteiger partial charge in [-0.1, -0.05) is 31.2 Å². The van der Waals surface area contributed by atoms with Crippen LogP contribution in [0.15, 0.2) is 24.3 Å². The van der Waals surface area contributed by atoms with Crippen molar-refractivity contribution in [3.8, 4) is 0 Å². The second-order valence-electron chi connectivity index (χ2n) is 6.27. The molecule has 6 heteroatoms. The highest BCUT2D eigenvalue weighted by atomic mass is 35.5. The molecule has 1 fully saturated rings. The summed E-state index contributed by atoms with van der Waals surface area (Å²) >= 11 is 0. The Morgan fingerprint density at radius 3 is 2.48 bits per heavy atom. The van der Waals surface area contributed by atoms with Crippen molar-refractivity contribution in [3.05, 3.63) is 35.4 Å². The Labute approximate surface area is 147 Å². The fourth-order valence-corrected chi connectivity index (χ4v) is 3.76. The molecule has 0 aliphatic carbocycles. The van der Waals surface area contributed by atoms with E-state index in [4.69, 9.17) is 0 Å². The van der Waals surface area contributed by atoms with Crippen LogP contribution in [0.5, 0.6) is 0 Å². The van der Waals surface area contributed by atoms with Crippen molar-refractivity contribution in [2.45, 2.75) is 38.5 Å². The fraction of sp³-hybridized carbons (Fsp3) is 0.647. The highest BCUT2D eigenvalue weighted by Crippen LogP contribution is 2.23. The molecular weight excluding hydrogens is 332 g/mol. The third-order valence-corrected chi connectivity index (χ3v) is 6.70. The summed E-state index contributed by atoms with van der Waals surface area (Å²) in [6.45, 7) is 8.98. The van der Waals surface area contributed by atoms with Crippen LogP contribution in [-0.2, 0) is 16.3 Å². The number of nitrogens with zero attached hydrogens (tertiary/aromatic N) is 1. The molecule has 0 spiro atoms. The van der Waals surface area contributed by atoms with Gasteiger partial charge in [-0.3, -0.25) is 4.90 Å². The van der Waals surface area contributed by atoms with E-state index in [-0.39, 0.29) is 29.5 Å². The molecule has 1 heterocycles. The molecule has 1 aromatic rings. The first-order valence-corrected chi connectivity index (χ1v) is 9.90. The number of halogens is 1. The van der Waals surface area contributed by atoms with Gasteiger partial charge in [0.05, 0.1) is 11.0 Å². The molecule has 0 aromatic heterocycles. The number of hydrogen-bond acceptors (Lipinski definition) is 4. The zero-order valence-corrected chi connectivity index (χ0v) is 15.9. The van der Waals surface area contributed by atoms with Crippen LogP contribution in [0.1, 0.15) is 37.9 Å². The maximum Gasteiger partial charge on any atom is 0.153 e. The fourth-order valence-electron chi connectivity index (χ4n) is 2.80. The van der Waals surface area contributed by atoms with Crippen LogP contribution in [0.3, 0.4) is 0 Å². The molecule has 0 radical (unpaired) electrons. The van der Waals surface area contributed by atoms with E-state index in [0.717, 1.165) is 26.1 Å². The summed E-state index contributed by atoms with van der Waals surface area (Å²) in [7, 11) is -2.98. The quantitative estimate of drug-likeness (QED) is 0.846. The normalized spacial score (nSPS) is 19.6. The smallest absolute Gasteiger partial charge is 0.153 e. The van der Waals surface area contributed by atoms with Gasteiger partial charge in [0.2, 0.25) is 0 Å². The maximum absolute atomic E-state index is 12.1. The monoisotopic (exact) mass is 360 g/mol. The molecule has 1 aliphatic rings. The van der Waals surface area contributed by atoms with Gasteiger partial charge in [0.25, 0.3) is 0 Å². The highest BCUT2D eigenvalue weighted by Gasteiger charge is 2.26. The van der Waals surface area contributed by atoms with E-state index < -0.39 is 9.84 Å². The minimum Gasteiger partial charge on any atom is -0.314 e. The molecule has 1 aromatic carbocycles. The first-order chi connectivity index (χ1) is 10.4. The van der Waals surface area contributed by atoms with Gasteiger partial charge in [0, 0.05) is 32.2 Å². The van der Waals surface area contributed by atoms with Crippen molar-refractivity contribution >= 4 is 22.2 Å². The molecule has 132 valence electrons. The van der Waals surface area contributed by atoms with E-state index in [1.165, 1.54) is 11.1 Å². The van der Waals surface area contributed by atoms with Crippen molar-refractivity contribution in [1.82, 2.24) is 10.2 Å². The summed E-state index contributed by atoms with van der Waals surface area (Å²) in [6, 6.07) is 8.97. The molecule has 1 N–H and O–H groups in total. The molecule has 1 unspecified atom stereocenters. The molecule has 1 atom stereocenters. The number of benzene rings is 1. The second kappa shape index (κ2) is 9.02. The van der Waals surface area contributed by atoms with Crippen molar-refractivity contribution in [3.63, 3.8) is 0 Å². The molecule has 2 rings (SSSR count). The van der Waals surface area contributed by atoms with Gasteiger partial charge in [0.15, 0.2) is 9.84 Å². The Bertz CT molecular complexity index is 573. The van der Waals surface area contributed by atoms with Crippen LogP contribution >= 0.6 is 12.4 Å². The Morgan fingerprint density at radius 2 is 1.91 bits per heavy atom. The van der Waals surface area contributed by atoms with Gasteiger partial charge in [0.1, 0.15) is 0 Å². The summed E-state index contributed by atoms with van der Waals surface area (Å²) in [5, 5.41) is 3.13. The number of aryl methyl sites for hydroxylation is 1. The topological polar surface area (TPSA) is 49.4 Å². The number of hydrogen-bond donors (Lipinski definition) is 1. The van der Waals surface area contributed by atoms with Crippen LogP contribution in [0.2, 0.25) is 0 Å². The zero-order chi connectivity index (χ0) is 16.2. The summed E-state index contributed by atoms with van der Waals surface area (Å²) in [5.74, 6) is 0.244. The first kappa shape index (κ1) is 20.4. The molecule has 0 bridgehead atoms. The van der Waals surface area contributed by atoms with Crippen LogP contribution < -0.4 is 5.32 Å². The molecular formula is C17H29ClN2O2S. The SMILES string of the molecule is CCc1ccc(C2CNCCN2CCS(=O)(=O)C(C)C)cc1.Cl. The summed E-state index contributed by atoms with van der Waals surface area (Å²) in [4.78, 5) is 2.30. The van der Waals surface area contributed by atoms with Gasteiger partial charge in [-0.25, -0.2) is 8.42 Å². The summed E-state index contributed by atoms with van der Waals surface area (Å²) < 4.78 is 24.1. The molecule has 4 nitrogen and oxygen atoms in total. The van der Waals surface area contributed by atoms with Crippen LogP contribution in [0, 0.1) is 0 Å². The predicted molar refractivity (Wildman–Crippen MR) is 99.2 cm³/mol. The van der Waals surface area contributed by atoms with Crippen molar-refractivity contribution in [2.24, 2.45) is 0 Å². The Morgan fingerprint density at radius 1 is 1.26 bits per heavy atom. The molecule has 0 amide bonds. The van der Waals surface area contributed by atoms with Gasteiger partial charge in [-0.05, 0) is 31.4 Å². The first-order valence-electron chi connectivity index (χ1n) is 8.19. The Kier molecular flexibility index (Phi) is 8.01. The van der Waals surface area contributed by atoms with E-state index >= 15 is 0 Å². The standard InChI is InChI=1S/C17H28N2O2S.ClH/c1-4-15-5-7-16(8-6-15)17-13-18-9-10-19(17)11-12-22(20,21)14(2)3;/h5-8,14,17-18H,4,9-13H2,1-3H3;1H. The van der Waals surface area contributed by atoms with E-state index in [0.29, 0.717) is 6.54 Å². The van der Waals surface area contributed by atoms with E-state index in [9.17, 15) is 8.42 Å². The van der Waals surface area contributed by atoms with E-state index in [2.05, 4.69) is 41.4 Å². The molecule has 1 aliphatic heterocycles. The Balaban J connectivity index is 0.00000264. The molecule has 23 heavy (non-hydrogen) atoms. The lowest BCUT2D eigenvalue weighted by Crippen LogP contribution is -2.47. The predicted octanol–water partition coefficient (Wildman–Crippen LogP) is 2.44. The average molecular weight is 361 g/mol. The molecule has 1 saturated heterocycles. The summed E-state index contributed by atoms with van der Waals surface area (Å²) in [6.07, 6.45) is 1.04. The van der Waals surface area contributed by atoms with Gasteiger partial charge in [-0.2, -0.15) is 0 Å². The van der Waals surface area contributed by atoms with E-state index in [1.54, 1.807) is 13.8 Å². The lowest BCUT2D eigenvalue weighted by atomic mass is 10.0.